The van der Waals surface area contributed by atoms with Gasteiger partial charge in [0, 0.05) is 32.1 Å². The summed E-state index contributed by atoms with van der Waals surface area (Å²) in [6, 6.07) is 5.67. The zero-order valence-electron chi connectivity index (χ0n) is 9.66. The van der Waals surface area contributed by atoms with E-state index in [1.807, 2.05) is 18.2 Å². The SMILES string of the molecule is COCCCOc1cc(CCl)cc(OC)c1. The lowest BCUT2D eigenvalue weighted by atomic mass is 10.2. The second-order valence-electron chi connectivity index (χ2n) is 3.35. The summed E-state index contributed by atoms with van der Waals surface area (Å²) in [6.45, 7) is 1.33. The maximum atomic E-state index is 5.78. The highest BCUT2D eigenvalue weighted by molar-refractivity contribution is 6.17. The van der Waals surface area contributed by atoms with Crippen LogP contribution >= 0.6 is 11.6 Å². The number of methoxy groups -OCH3 is 2. The van der Waals surface area contributed by atoms with Crippen LogP contribution in [0.5, 0.6) is 11.5 Å². The van der Waals surface area contributed by atoms with Crippen LogP contribution in [0.25, 0.3) is 0 Å². The van der Waals surface area contributed by atoms with E-state index in [1.54, 1.807) is 14.2 Å². The molecule has 0 aromatic heterocycles. The highest BCUT2D eigenvalue weighted by atomic mass is 35.5. The average Bonchev–Trinajstić information content (AvgIpc) is 2.34. The molecule has 0 radical (unpaired) electrons. The van der Waals surface area contributed by atoms with Gasteiger partial charge in [0.05, 0.1) is 13.7 Å². The van der Waals surface area contributed by atoms with Crippen LogP contribution in [0, 0.1) is 0 Å². The fourth-order valence-electron chi connectivity index (χ4n) is 1.30. The minimum atomic E-state index is 0.450. The summed E-state index contributed by atoms with van der Waals surface area (Å²) in [5.41, 5.74) is 0.989. The molecule has 0 unspecified atom stereocenters. The third-order valence-electron chi connectivity index (χ3n) is 2.09. The van der Waals surface area contributed by atoms with Gasteiger partial charge in [-0.15, -0.1) is 11.6 Å². The van der Waals surface area contributed by atoms with Crippen molar-refractivity contribution < 1.29 is 14.2 Å². The van der Waals surface area contributed by atoms with Gasteiger partial charge in [-0.3, -0.25) is 0 Å². The number of alkyl halides is 1. The first-order valence-electron chi connectivity index (χ1n) is 5.15. The second kappa shape index (κ2) is 7.36. The molecule has 0 atom stereocenters. The van der Waals surface area contributed by atoms with Gasteiger partial charge in [0.15, 0.2) is 0 Å². The monoisotopic (exact) mass is 244 g/mol. The molecule has 3 nitrogen and oxygen atoms in total. The number of ether oxygens (including phenoxy) is 3. The van der Waals surface area contributed by atoms with Gasteiger partial charge in [0.2, 0.25) is 0 Å². The van der Waals surface area contributed by atoms with E-state index in [0.29, 0.717) is 19.1 Å². The van der Waals surface area contributed by atoms with Crippen LogP contribution in [0.2, 0.25) is 0 Å². The molecule has 0 fully saturated rings. The molecule has 16 heavy (non-hydrogen) atoms. The first-order valence-corrected chi connectivity index (χ1v) is 5.69. The van der Waals surface area contributed by atoms with Crippen molar-refractivity contribution in [2.24, 2.45) is 0 Å². The molecule has 0 bridgehead atoms. The Morgan fingerprint density at radius 2 is 1.81 bits per heavy atom. The van der Waals surface area contributed by atoms with E-state index in [9.17, 15) is 0 Å². The molecule has 0 N–H and O–H groups in total. The first-order chi connectivity index (χ1) is 7.80. The van der Waals surface area contributed by atoms with Crippen molar-refractivity contribution >= 4 is 11.6 Å². The van der Waals surface area contributed by atoms with Gasteiger partial charge in [-0.25, -0.2) is 0 Å². The fourth-order valence-corrected chi connectivity index (χ4v) is 1.46. The smallest absolute Gasteiger partial charge is 0.123 e. The van der Waals surface area contributed by atoms with Crippen LogP contribution < -0.4 is 9.47 Å². The molecule has 0 amide bonds. The molecular formula is C12H17ClO3. The van der Waals surface area contributed by atoms with Crippen LogP contribution in [0.15, 0.2) is 18.2 Å². The van der Waals surface area contributed by atoms with E-state index >= 15 is 0 Å². The lowest BCUT2D eigenvalue weighted by Crippen LogP contribution is -2.01. The van der Waals surface area contributed by atoms with E-state index in [-0.39, 0.29) is 0 Å². The number of halogens is 1. The Morgan fingerprint density at radius 1 is 1.06 bits per heavy atom. The largest absolute Gasteiger partial charge is 0.497 e. The van der Waals surface area contributed by atoms with Crippen molar-refractivity contribution in [1.82, 2.24) is 0 Å². The Bertz CT molecular complexity index is 293. The predicted molar refractivity (Wildman–Crippen MR) is 64.5 cm³/mol. The summed E-state index contributed by atoms with van der Waals surface area (Å²) in [7, 11) is 3.30. The maximum absolute atomic E-state index is 5.78. The van der Waals surface area contributed by atoms with Crippen LogP contribution in [0.4, 0.5) is 0 Å². The van der Waals surface area contributed by atoms with Crippen molar-refractivity contribution in [2.45, 2.75) is 12.3 Å². The van der Waals surface area contributed by atoms with Crippen molar-refractivity contribution in [1.29, 1.82) is 0 Å². The molecular weight excluding hydrogens is 228 g/mol. The van der Waals surface area contributed by atoms with E-state index < -0.39 is 0 Å². The minimum Gasteiger partial charge on any atom is -0.497 e. The van der Waals surface area contributed by atoms with Gasteiger partial charge in [-0.1, -0.05) is 0 Å². The van der Waals surface area contributed by atoms with Gasteiger partial charge in [-0.05, 0) is 17.7 Å². The van der Waals surface area contributed by atoms with Crippen molar-refractivity contribution in [3.8, 4) is 11.5 Å². The predicted octanol–water partition coefficient (Wildman–Crippen LogP) is 2.85. The summed E-state index contributed by atoms with van der Waals surface area (Å²) < 4.78 is 15.7. The number of benzene rings is 1. The third kappa shape index (κ3) is 4.29. The lowest BCUT2D eigenvalue weighted by molar-refractivity contribution is 0.172. The quantitative estimate of drug-likeness (QED) is 0.545. The van der Waals surface area contributed by atoms with Crippen molar-refractivity contribution in [3.63, 3.8) is 0 Å². The molecule has 1 aromatic rings. The van der Waals surface area contributed by atoms with Crippen molar-refractivity contribution in [2.75, 3.05) is 27.4 Å². The fraction of sp³-hybridized carbons (Fsp3) is 0.500. The minimum absolute atomic E-state index is 0.450. The standard InChI is InChI=1S/C12H17ClO3/c1-14-4-3-5-16-12-7-10(9-13)6-11(8-12)15-2/h6-8H,3-5,9H2,1-2H3. The Labute approximate surface area is 101 Å². The average molecular weight is 245 g/mol. The van der Waals surface area contributed by atoms with Gasteiger partial charge in [0.1, 0.15) is 11.5 Å². The third-order valence-corrected chi connectivity index (χ3v) is 2.40. The first kappa shape index (κ1) is 13.1. The van der Waals surface area contributed by atoms with E-state index in [1.165, 1.54) is 0 Å². The summed E-state index contributed by atoms with van der Waals surface area (Å²) in [5.74, 6) is 2.00. The summed E-state index contributed by atoms with van der Waals surface area (Å²) >= 11 is 5.78. The summed E-state index contributed by atoms with van der Waals surface area (Å²) in [4.78, 5) is 0. The Morgan fingerprint density at radius 3 is 2.44 bits per heavy atom. The normalized spacial score (nSPS) is 10.2. The summed E-state index contributed by atoms with van der Waals surface area (Å²) in [6.07, 6.45) is 0.865. The van der Waals surface area contributed by atoms with Gasteiger partial charge >= 0.3 is 0 Å². The highest BCUT2D eigenvalue weighted by Crippen LogP contribution is 2.23. The van der Waals surface area contributed by atoms with E-state index in [4.69, 9.17) is 25.8 Å². The molecule has 0 aliphatic rings. The van der Waals surface area contributed by atoms with Gasteiger partial charge in [0.25, 0.3) is 0 Å². The molecule has 0 aliphatic carbocycles. The topological polar surface area (TPSA) is 27.7 Å². The molecule has 1 aromatic carbocycles. The maximum Gasteiger partial charge on any atom is 0.123 e. The van der Waals surface area contributed by atoms with Crippen molar-refractivity contribution in [3.05, 3.63) is 23.8 Å². The van der Waals surface area contributed by atoms with Crippen LogP contribution in [-0.4, -0.2) is 27.4 Å². The summed E-state index contributed by atoms with van der Waals surface area (Å²) in [5, 5.41) is 0. The van der Waals surface area contributed by atoms with Gasteiger partial charge in [-0.2, -0.15) is 0 Å². The molecule has 1 rings (SSSR count). The Kier molecular flexibility index (Phi) is 6.04. The second-order valence-corrected chi connectivity index (χ2v) is 3.61. The van der Waals surface area contributed by atoms with E-state index in [2.05, 4.69) is 0 Å². The molecule has 0 heterocycles. The van der Waals surface area contributed by atoms with Gasteiger partial charge < -0.3 is 14.2 Å². The molecule has 4 heteroatoms. The number of rotatable bonds is 7. The van der Waals surface area contributed by atoms with Crippen LogP contribution in [0.1, 0.15) is 12.0 Å². The highest BCUT2D eigenvalue weighted by Gasteiger charge is 2.01. The molecule has 0 aliphatic heterocycles. The zero-order valence-corrected chi connectivity index (χ0v) is 10.4. The number of hydrogen-bond acceptors (Lipinski definition) is 3. The molecule has 0 saturated heterocycles. The Hall–Kier alpha value is -0.930. The number of hydrogen-bond donors (Lipinski definition) is 0. The molecule has 90 valence electrons. The lowest BCUT2D eigenvalue weighted by Gasteiger charge is -2.09. The Balaban J connectivity index is 2.57. The zero-order chi connectivity index (χ0) is 11.8. The molecule has 0 saturated carbocycles. The molecule has 0 spiro atoms. The van der Waals surface area contributed by atoms with E-state index in [0.717, 1.165) is 23.5 Å². The van der Waals surface area contributed by atoms with Crippen LogP contribution in [0.3, 0.4) is 0 Å². The van der Waals surface area contributed by atoms with Crippen LogP contribution in [-0.2, 0) is 10.6 Å².